The van der Waals surface area contributed by atoms with Crippen molar-refractivity contribution in [1.82, 2.24) is 20.8 Å². The Hall–Kier alpha value is -1.20. The maximum Gasteiger partial charge on any atom is 0.228 e. The number of aliphatic imine (C=N–C) groups is 1. The fourth-order valence-electron chi connectivity index (χ4n) is 3.53. The Kier molecular flexibility index (Phi) is 10.5. The number of nitrogens with zero attached hydrogens (tertiary/aromatic N) is 3. The summed E-state index contributed by atoms with van der Waals surface area (Å²) in [5, 5.41) is 11.7. The van der Waals surface area contributed by atoms with E-state index in [4.69, 9.17) is 16.1 Å². The molecule has 1 aromatic heterocycles. The van der Waals surface area contributed by atoms with E-state index in [0.29, 0.717) is 35.7 Å². The lowest BCUT2D eigenvalue weighted by Crippen LogP contribution is -2.47. The van der Waals surface area contributed by atoms with Crippen molar-refractivity contribution in [3.63, 3.8) is 0 Å². The van der Waals surface area contributed by atoms with Gasteiger partial charge >= 0.3 is 0 Å². The van der Waals surface area contributed by atoms with Gasteiger partial charge in [0.2, 0.25) is 11.7 Å². The largest absolute Gasteiger partial charge is 0.356 e. The van der Waals surface area contributed by atoms with Gasteiger partial charge in [0.1, 0.15) is 0 Å². The Morgan fingerprint density at radius 1 is 1.40 bits per heavy atom. The predicted octanol–water partition coefficient (Wildman–Crippen LogP) is 3.80. The van der Waals surface area contributed by atoms with Gasteiger partial charge in [0.05, 0.1) is 0 Å². The zero-order valence-electron chi connectivity index (χ0n) is 17.3. The molecule has 2 aromatic rings. The second kappa shape index (κ2) is 12.6. The summed E-state index contributed by atoms with van der Waals surface area (Å²) in [6, 6.07) is 7.67. The van der Waals surface area contributed by atoms with Crippen LogP contribution in [0.1, 0.15) is 38.5 Å². The monoisotopic (exact) mass is 565 g/mol. The van der Waals surface area contributed by atoms with Gasteiger partial charge < -0.3 is 15.2 Å². The molecule has 1 fully saturated rings. The van der Waals surface area contributed by atoms with E-state index in [-0.39, 0.29) is 29.2 Å². The van der Waals surface area contributed by atoms with Gasteiger partial charge in [0, 0.05) is 58.4 Å². The highest BCUT2D eigenvalue weighted by Crippen LogP contribution is 2.23. The molecule has 1 saturated carbocycles. The normalized spacial score (nSPS) is 20.3. The van der Waals surface area contributed by atoms with Crippen LogP contribution in [0.2, 0.25) is 5.02 Å². The third-order valence-electron chi connectivity index (χ3n) is 5.03. The fourth-order valence-corrected chi connectivity index (χ4v) is 5.07. The minimum Gasteiger partial charge on any atom is -0.356 e. The Morgan fingerprint density at radius 2 is 2.23 bits per heavy atom. The molecule has 0 aliphatic heterocycles. The number of hydrogen-bond acceptors (Lipinski definition) is 5. The zero-order valence-corrected chi connectivity index (χ0v) is 21.2. The zero-order chi connectivity index (χ0) is 20.6. The second-order valence-electron chi connectivity index (χ2n) is 7.07. The second-order valence-corrected chi connectivity index (χ2v) is 9.51. The van der Waals surface area contributed by atoms with Gasteiger partial charge in [-0.05, 0) is 31.4 Å². The van der Waals surface area contributed by atoms with Crippen molar-refractivity contribution < 1.29 is 8.73 Å². The summed E-state index contributed by atoms with van der Waals surface area (Å²) in [7, 11) is 1.02. The molecular formula is C20H29ClIN5O2S. The highest BCUT2D eigenvalue weighted by Gasteiger charge is 2.26. The van der Waals surface area contributed by atoms with Gasteiger partial charge in [0.25, 0.3) is 0 Å². The molecule has 0 saturated heterocycles. The first-order valence-corrected chi connectivity index (χ1v) is 11.8. The van der Waals surface area contributed by atoms with Crippen molar-refractivity contribution in [1.29, 1.82) is 0 Å². The van der Waals surface area contributed by atoms with Crippen LogP contribution >= 0.6 is 35.6 Å². The lowest BCUT2D eigenvalue weighted by molar-refractivity contribution is 0.378. The molecule has 7 nitrogen and oxygen atoms in total. The molecule has 3 atom stereocenters. The smallest absolute Gasteiger partial charge is 0.228 e. The molecule has 3 unspecified atom stereocenters. The molecule has 0 radical (unpaired) electrons. The summed E-state index contributed by atoms with van der Waals surface area (Å²) in [4.78, 5) is 8.73. The van der Waals surface area contributed by atoms with E-state index in [1.165, 1.54) is 0 Å². The van der Waals surface area contributed by atoms with Crippen LogP contribution in [-0.4, -0.2) is 50.9 Å². The first-order valence-electron chi connectivity index (χ1n) is 10.0. The van der Waals surface area contributed by atoms with Gasteiger partial charge in [-0.15, -0.1) is 24.0 Å². The Labute approximate surface area is 202 Å². The van der Waals surface area contributed by atoms with Crippen molar-refractivity contribution in [3.8, 4) is 11.4 Å². The summed E-state index contributed by atoms with van der Waals surface area (Å²) in [6.07, 6.45) is 4.73. The topological polar surface area (TPSA) is 92.4 Å². The number of halogens is 2. The van der Waals surface area contributed by atoms with Crippen molar-refractivity contribution in [2.45, 2.75) is 50.3 Å². The molecule has 1 aliphatic rings. The number of guanidine groups is 1. The lowest BCUT2D eigenvalue weighted by atomic mass is 9.95. The summed E-state index contributed by atoms with van der Waals surface area (Å²) >= 11 is 6.02. The third kappa shape index (κ3) is 7.19. The van der Waals surface area contributed by atoms with Crippen molar-refractivity contribution in [2.24, 2.45) is 4.99 Å². The molecule has 10 heteroatoms. The van der Waals surface area contributed by atoms with Crippen LogP contribution in [0.25, 0.3) is 11.4 Å². The van der Waals surface area contributed by atoms with Crippen molar-refractivity contribution >= 4 is 52.3 Å². The van der Waals surface area contributed by atoms with Crippen LogP contribution in [0, 0.1) is 0 Å². The van der Waals surface area contributed by atoms with Crippen LogP contribution in [0.5, 0.6) is 0 Å². The van der Waals surface area contributed by atoms with E-state index in [9.17, 15) is 4.21 Å². The molecule has 2 N–H and O–H groups in total. The van der Waals surface area contributed by atoms with Crippen molar-refractivity contribution in [2.75, 3.05) is 19.3 Å². The molecular weight excluding hydrogens is 537 g/mol. The summed E-state index contributed by atoms with van der Waals surface area (Å²) in [5.41, 5.74) is 0.828. The SMILES string of the molecule is CCS(=O)C1CCCC(NC(=NC)NCCc2nc(-c3cccc(Cl)c3)no2)C1.I. The summed E-state index contributed by atoms with van der Waals surface area (Å²) < 4.78 is 17.5. The predicted molar refractivity (Wildman–Crippen MR) is 133 cm³/mol. The molecule has 0 amide bonds. The molecule has 30 heavy (non-hydrogen) atoms. The highest BCUT2D eigenvalue weighted by atomic mass is 127. The van der Waals surface area contributed by atoms with Crippen LogP contribution in [0.15, 0.2) is 33.8 Å². The maximum atomic E-state index is 12.1. The van der Waals surface area contributed by atoms with E-state index in [1.807, 2.05) is 31.2 Å². The van der Waals surface area contributed by atoms with Crippen LogP contribution in [0.3, 0.4) is 0 Å². The summed E-state index contributed by atoms with van der Waals surface area (Å²) in [5.74, 6) is 2.56. The van der Waals surface area contributed by atoms with Gasteiger partial charge in [-0.1, -0.05) is 42.2 Å². The van der Waals surface area contributed by atoms with E-state index in [2.05, 4.69) is 25.8 Å². The van der Waals surface area contributed by atoms with E-state index in [0.717, 1.165) is 43.0 Å². The first-order chi connectivity index (χ1) is 14.1. The molecule has 0 bridgehead atoms. The molecule has 1 aliphatic carbocycles. The average molecular weight is 566 g/mol. The van der Waals surface area contributed by atoms with Crippen molar-refractivity contribution in [3.05, 3.63) is 35.2 Å². The van der Waals surface area contributed by atoms with Gasteiger partial charge in [-0.2, -0.15) is 4.98 Å². The van der Waals surface area contributed by atoms with Gasteiger partial charge in [-0.25, -0.2) is 0 Å². The van der Waals surface area contributed by atoms with E-state index >= 15 is 0 Å². The van der Waals surface area contributed by atoms with Gasteiger partial charge in [0.15, 0.2) is 5.96 Å². The number of hydrogen-bond donors (Lipinski definition) is 2. The Balaban J connectivity index is 0.00000320. The molecule has 3 rings (SSSR count). The van der Waals surface area contributed by atoms with Gasteiger partial charge in [-0.3, -0.25) is 9.20 Å². The maximum absolute atomic E-state index is 12.1. The Morgan fingerprint density at radius 3 is 2.97 bits per heavy atom. The van der Waals surface area contributed by atoms with Crippen LogP contribution < -0.4 is 10.6 Å². The highest BCUT2D eigenvalue weighted by molar-refractivity contribution is 14.0. The molecule has 1 heterocycles. The summed E-state index contributed by atoms with van der Waals surface area (Å²) in [6.45, 7) is 2.61. The minimum absolute atomic E-state index is 0. The Bertz CT molecular complexity index is 863. The minimum atomic E-state index is -0.732. The average Bonchev–Trinajstić information content (AvgIpc) is 3.21. The first kappa shape index (κ1) is 25.1. The standard InChI is InChI=1S/C20H28ClN5O2S.HI/c1-3-29(27)17-9-5-8-16(13-17)24-20(22-2)23-11-10-18-25-19(26-28-18)14-6-4-7-15(21)12-14;/h4,6-7,12,16-17H,3,5,8-11,13H2,1-2H3,(H2,22,23,24);1H. The molecule has 1 aromatic carbocycles. The lowest BCUT2D eigenvalue weighted by Gasteiger charge is -2.30. The number of aromatic nitrogens is 2. The molecule has 166 valence electrons. The van der Waals surface area contributed by atoms with E-state index in [1.54, 1.807) is 7.05 Å². The number of benzene rings is 1. The molecule has 0 spiro atoms. The van der Waals surface area contributed by atoms with Crippen LogP contribution in [0.4, 0.5) is 0 Å². The van der Waals surface area contributed by atoms with Crippen LogP contribution in [-0.2, 0) is 17.2 Å². The van der Waals surface area contributed by atoms with E-state index < -0.39 is 10.8 Å². The third-order valence-corrected chi connectivity index (χ3v) is 7.00. The fraction of sp³-hybridized carbons (Fsp3) is 0.550. The number of rotatable bonds is 7. The quantitative estimate of drug-likeness (QED) is 0.302. The number of nitrogens with one attached hydrogen (secondary N) is 2.